The molecule has 3 heterocycles. The van der Waals surface area contributed by atoms with Gasteiger partial charge in [-0.3, -0.25) is 14.4 Å². The first-order valence-electron chi connectivity index (χ1n) is 11.9. The summed E-state index contributed by atoms with van der Waals surface area (Å²) in [7, 11) is 0. The van der Waals surface area contributed by atoms with Gasteiger partial charge in [-0.15, -0.1) is 0 Å². The molecule has 1 saturated heterocycles. The SMILES string of the molecule is CCCC(=O)N1CCc2c(cn(CCc3ccccc3)c(=O)c2C(=O)N2C[C@H]3C[C@H]3C2)C1. The summed E-state index contributed by atoms with van der Waals surface area (Å²) in [5.41, 5.74) is 3.13. The van der Waals surface area contributed by atoms with Gasteiger partial charge in [0.25, 0.3) is 11.5 Å². The molecule has 6 heteroatoms. The Kier molecular flexibility index (Phi) is 5.62. The van der Waals surface area contributed by atoms with Crippen molar-refractivity contribution < 1.29 is 9.59 Å². The lowest BCUT2D eigenvalue weighted by Gasteiger charge is -2.31. The number of amides is 2. The van der Waals surface area contributed by atoms with Crippen LogP contribution in [0.25, 0.3) is 0 Å². The van der Waals surface area contributed by atoms with Crippen LogP contribution in [0.1, 0.15) is 53.2 Å². The maximum atomic E-state index is 13.5. The lowest BCUT2D eigenvalue weighted by atomic mass is 9.95. The number of carbonyl (C=O) groups excluding carboxylic acids is 2. The van der Waals surface area contributed by atoms with Gasteiger partial charge in [-0.05, 0) is 54.2 Å². The van der Waals surface area contributed by atoms with Gasteiger partial charge in [-0.25, -0.2) is 0 Å². The summed E-state index contributed by atoms with van der Waals surface area (Å²) in [5, 5.41) is 0. The first-order chi connectivity index (χ1) is 15.5. The smallest absolute Gasteiger partial charge is 0.263 e. The molecule has 0 bridgehead atoms. The molecular weight excluding hydrogens is 402 g/mol. The number of fused-ring (bicyclic) bond motifs is 2. The highest BCUT2D eigenvalue weighted by molar-refractivity contribution is 5.96. The van der Waals surface area contributed by atoms with Crippen LogP contribution in [-0.4, -0.2) is 45.8 Å². The van der Waals surface area contributed by atoms with E-state index in [2.05, 4.69) is 12.1 Å². The fourth-order valence-corrected chi connectivity index (χ4v) is 5.30. The van der Waals surface area contributed by atoms with Gasteiger partial charge >= 0.3 is 0 Å². The van der Waals surface area contributed by atoms with E-state index in [0.717, 1.165) is 42.6 Å². The minimum atomic E-state index is -0.182. The third-order valence-electron chi connectivity index (χ3n) is 7.25. The van der Waals surface area contributed by atoms with Crippen molar-refractivity contribution in [3.05, 3.63) is 69.1 Å². The highest BCUT2D eigenvalue weighted by Gasteiger charge is 2.47. The first kappa shape index (κ1) is 21.0. The van der Waals surface area contributed by atoms with E-state index in [4.69, 9.17) is 0 Å². The minimum Gasteiger partial charge on any atom is -0.338 e. The summed E-state index contributed by atoms with van der Waals surface area (Å²) < 4.78 is 1.70. The second-order valence-electron chi connectivity index (χ2n) is 9.52. The molecule has 2 aromatic rings. The normalized spacial score (nSPS) is 21.3. The van der Waals surface area contributed by atoms with Crippen molar-refractivity contribution in [3.8, 4) is 0 Å². The highest BCUT2D eigenvalue weighted by atomic mass is 16.2. The molecular formula is C26H31N3O3. The fraction of sp³-hybridized carbons (Fsp3) is 0.500. The van der Waals surface area contributed by atoms with E-state index < -0.39 is 0 Å². The van der Waals surface area contributed by atoms with Gasteiger partial charge in [0.1, 0.15) is 5.56 Å². The van der Waals surface area contributed by atoms with Crippen LogP contribution in [-0.2, 0) is 30.7 Å². The quantitative estimate of drug-likeness (QED) is 0.704. The largest absolute Gasteiger partial charge is 0.338 e. The molecule has 0 spiro atoms. The van der Waals surface area contributed by atoms with E-state index in [1.165, 1.54) is 6.42 Å². The van der Waals surface area contributed by atoms with E-state index in [9.17, 15) is 14.4 Å². The average molecular weight is 434 g/mol. The molecule has 2 atom stereocenters. The number of hydrogen-bond donors (Lipinski definition) is 0. The Labute approximate surface area is 188 Å². The predicted octanol–water partition coefficient (Wildman–Crippen LogP) is 2.87. The number of carbonyl (C=O) groups is 2. The van der Waals surface area contributed by atoms with E-state index >= 15 is 0 Å². The zero-order valence-electron chi connectivity index (χ0n) is 18.8. The molecule has 1 aliphatic carbocycles. The molecule has 2 aliphatic heterocycles. The topological polar surface area (TPSA) is 62.6 Å². The van der Waals surface area contributed by atoms with Crippen LogP contribution in [0.5, 0.6) is 0 Å². The van der Waals surface area contributed by atoms with Crippen molar-refractivity contribution in [1.29, 1.82) is 0 Å². The number of aromatic nitrogens is 1. The van der Waals surface area contributed by atoms with Crippen LogP contribution in [0, 0.1) is 11.8 Å². The van der Waals surface area contributed by atoms with Crippen molar-refractivity contribution >= 4 is 11.8 Å². The molecule has 1 aromatic carbocycles. The van der Waals surface area contributed by atoms with E-state index in [-0.39, 0.29) is 17.4 Å². The zero-order valence-corrected chi connectivity index (χ0v) is 18.8. The van der Waals surface area contributed by atoms with Crippen molar-refractivity contribution in [1.82, 2.24) is 14.4 Å². The number of pyridine rings is 1. The highest BCUT2D eigenvalue weighted by Crippen LogP contribution is 2.45. The Morgan fingerprint density at radius 3 is 2.53 bits per heavy atom. The summed E-state index contributed by atoms with van der Waals surface area (Å²) in [6.07, 6.45) is 5.75. The second-order valence-corrected chi connectivity index (χ2v) is 9.52. The standard InChI is InChI=1S/C26H31N3O3/c1-2-6-23(30)27-12-10-22-21(16-27)17-28(11-9-18-7-4-3-5-8-18)25(31)24(22)26(32)29-14-19-13-20(19)15-29/h3-5,7-8,17,19-20H,2,6,9-16H2,1H3/t19-,20+. The molecule has 1 aromatic heterocycles. The molecule has 32 heavy (non-hydrogen) atoms. The molecule has 6 nitrogen and oxygen atoms in total. The Morgan fingerprint density at radius 1 is 1.06 bits per heavy atom. The van der Waals surface area contributed by atoms with Crippen LogP contribution in [0.2, 0.25) is 0 Å². The molecule has 3 aliphatic rings. The molecule has 2 fully saturated rings. The molecule has 0 N–H and O–H groups in total. The fourth-order valence-electron chi connectivity index (χ4n) is 5.30. The molecule has 5 rings (SSSR count). The van der Waals surface area contributed by atoms with Gasteiger partial charge in [-0.1, -0.05) is 37.3 Å². The monoisotopic (exact) mass is 433 g/mol. The van der Waals surface area contributed by atoms with Crippen molar-refractivity contribution in [2.75, 3.05) is 19.6 Å². The van der Waals surface area contributed by atoms with Crippen molar-refractivity contribution in [2.24, 2.45) is 11.8 Å². The summed E-state index contributed by atoms with van der Waals surface area (Å²) >= 11 is 0. The van der Waals surface area contributed by atoms with Gasteiger partial charge in [0.15, 0.2) is 0 Å². The lowest BCUT2D eigenvalue weighted by molar-refractivity contribution is -0.132. The number of benzene rings is 1. The Morgan fingerprint density at radius 2 is 1.81 bits per heavy atom. The van der Waals surface area contributed by atoms with Crippen molar-refractivity contribution in [3.63, 3.8) is 0 Å². The molecule has 168 valence electrons. The Hall–Kier alpha value is -2.89. The van der Waals surface area contributed by atoms with Gasteiger partial charge < -0.3 is 14.4 Å². The predicted molar refractivity (Wildman–Crippen MR) is 122 cm³/mol. The van der Waals surface area contributed by atoms with Gasteiger partial charge in [-0.2, -0.15) is 0 Å². The maximum Gasteiger partial charge on any atom is 0.263 e. The second kappa shape index (κ2) is 8.57. The third kappa shape index (κ3) is 3.98. The molecule has 2 amide bonds. The Balaban J connectivity index is 1.48. The summed E-state index contributed by atoms with van der Waals surface area (Å²) in [4.78, 5) is 43.3. The summed E-state index contributed by atoms with van der Waals surface area (Å²) in [5.74, 6) is 1.29. The summed E-state index contributed by atoms with van der Waals surface area (Å²) in [6.45, 7) is 5.13. The van der Waals surface area contributed by atoms with Crippen LogP contribution in [0.4, 0.5) is 0 Å². The third-order valence-corrected chi connectivity index (χ3v) is 7.25. The number of nitrogens with zero attached hydrogens (tertiary/aromatic N) is 3. The number of aryl methyl sites for hydroxylation is 2. The van der Waals surface area contributed by atoms with Crippen LogP contribution in [0.3, 0.4) is 0 Å². The van der Waals surface area contributed by atoms with Crippen LogP contribution >= 0.6 is 0 Å². The zero-order chi connectivity index (χ0) is 22.2. The minimum absolute atomic E-state index is 0.110. The van der Waals surface area contributed by atoms with Gasteiger partial charge in [0.05, 0.1) is 0 Å². The van der Waals surface area contributed by atoms with E-state index in [1.54, 1.807) is 4.57 Å². The van der Waals surface area contributed by atoms with E-state index in [0.29, 0.717) is 49.9 Å². The number of likely N-dealkylation sites (tertiary alicyclic amines) is 1. The number of rotatable bonds is 6. The van der Waals surface area contributed by atoms with Crippen molar-refractivity contribution in [2.45, 2.75) is 52.1 Å². The lowest BCUT2D eigenvalue weighted by Crippen LogP contribution is -2.42. The van der Waals surface area contributed by atoms with Crippen LogP contribution in [0.15, 0.2) is 41.3 Å². The average Bonchev–Trinajstić information content (AvgIpc) is 3.42. The Bertz CT molecular complexity index is 1080. The maximum absolute atomic E-state index is 13.5. The molecule has 0 radical (unpaired) electrons. The van der Waals surface area contributed by atoms with Gasteiger partial charge in [0, 0.05) is 45.3 Å². The van der Waals surface area contributed by atoms with Crippen LogP contribution < -0.4 is 5.56 Å². The summed E-state index contributed by atoms with van der Waals surface area (Å²) in [6, 6.07) is 10.1. The number of piperidine rings is 1. The number of hydrogen-bond acceptors (Lipinski definition) is 3. The van der Waals surface area contributed by atoms with Gasteiger partial charge in [0.2, 0.25) is 5.91 Å². The first-order valence-corrected chi connectivity index (χ1v) is 11.9. The molecule has 0 unspecified atom stereocenters. The van der Waals surface area contributed by atoms with E-state index in [1.807, 2.05) is 41.1 Å². The molecule has 1 saturated carbocycles.